The molecule has 116 valence electrons. The molecule has 0 saturated carbocycles. The minimum atomic E-state index is 0.0412. The Morgan fingerprint density at radius 3 is 2.23 bits per heavy atom. The van der Waals surface area contributed by atoms with Crippen molar-refractivity contribution in [2.24, 2.45) is 0 Å². The second-order valence-electron chi connectivity index (χ2n) is 4.99. The van der Waals surface area contributed by atoms with Gasteiger partial charge in [-0.2, -0.15) is 0 Å². The lowest BCUT2D eigenvalue weighted by atomic mass is 10.1. The number of rotatable bonds is 7. The first-order valence-corrected chi connectivity index (χ1v) is 7.34. The van der Waals surface area contributed by atoms with Gasteiger partial charge in [0, 0.05) is 24.5 Å². The van der Waals surface area contributed by atoms with Crippen molar-refractivity contribution >= 4 is 23.5 Å². The molecule has 0 unspecified atom stereocenters. The van der Waals surface area contributed by atoms with Gasteiger partial charge >= 0.3 is 0 Å². The molecule has 4 heteroatoms. The minimum Gasteiger partial charge on any atom is -0.398 e. The van der Waals surface area contributed by atoms with Gasteiger partial charge in [0.15, 0.2) is 0 Å². The molecular formula is C18H22N2O2. The Labute approximate surface area is 131 Å². The molecule has 0 atom stereocenters. The summed E-state index contributed by atoms with van der Waals surface area (Å²) < 4.78 is 0. The van der Waals surface area contributed by atoms with Crippen LogP contribution < -0.4 is 10.6 Å². The maximum Gasteiger partial charge on any atom is 0.0606 e. The Hall–Kier alpha value is -2.30. The van der Waals surface area contributed by atoms with Gasteiger partial charge < -0.3 is 20.8 Å². The Morgan fingerprint density at radius 1 is 0.909 bits per heavy atom. The van der Waals surface area contributed by atoms with Crippen LogP contribution in [-0.2, 0) is 0 Å². The highest BCUT2D eigenvalue weighted by molar-refractivity contribution is 5.78. The first-order chi connectivity index (χ1) is 10.7. The van der Waals surface area contributed by atoms with Gasteiger partial charge in [0.2, 0.25) is 0 Å². The van der Waals surface area contributed by atoms with E-state index in [0.717, 1.165) is 16.8 Å². The molecule has 0 aliphatic heterocycles. The van der Waals surface area contributed by atoms with Crippen molar-refractivity contribution in [2.75, 3.05) is 36.9 Å². The van der Waals surface area contributed by atoms with Gasteiger partial charge in [-0.05, 0) is 29.3 Å². The van der Waals surface area contributed by atoms with Crippen LogP contribution >= 0.6 is 0 Å². The van der Waals surface area contributed by atoms with E-state index in [1.807, 2.05) is 65.6 Å². The summed E-state index contributed by atoms with van der Waals surface area (Å²) in [5.41, 5.74) is 9.69. The summed E-state index contributed by atoms with van der Waals surface area (Å²) in [5, 5.41) is 18.3. The van der Waals surface area contributed by atoms with Crippen molar-refractivity contribution < 1.29 is 10.2 Å². The summed E-state index contributed by atoms with van der Waals surface area (Å²) in [6, 6.07) is 15.7. The summed E-state index contributed by atoms with van der Waals surface area (Å²) >= 11 is 0. The second-order valence-corrected chi connectivity index (χ2v) is 4.99. The predicted molar refractivity (Wildman–Crippen MR) is 92.6 cm³/mol. The van der Waals surface area contributed by atoms with E-state index in [2.05, 4.69) is 0 Å². The van der Waals surface area contributed by atoms with Crippen molar-refractivity contribution in [2.45, 2.75) is 0 Å². The van der Waals surface area contributed by atoms with Crippen LogP contribution in [0.4, 0.5) is 11.4 Å². The number of nitrogens with two attached hydrogens (primary N) is 1. The molecule has 2 aromatic carbocycles. The lowest BCUT2D eigenvalue weighted by Crippen LogP contribution is -2.29. The highest BCUT2D eigenvalue weighted by atomic mass is 16.3. The number of nitrogens with zero attached hydrogens (tertiary/aromatic N) is 1. The summed E-state index contributed by atoms with van der Waals surface area (Å²) in [4.78, 5) is 1.93. The van der Waals surface area contributed by atoms with Gasteiger partial charge in [0.25, 0.3) is 0 Å². The monoisotopic (exact) mass is 298 g/mol. The summed E-state index contributed by atoms with van der Waals surface area (Å²) in [6.07, 6.45) is 3.99. The van der Waals surface area contributed by atoms with Gasteiger partial charge in [0.05, 0.1) is 13.2 Å². The third-order valence-electron chi connectivity index (χ3n) is 3.43. The topological polar surface area (TPSA) is 69.7 Å². The SMILES string of the molecule is Nc1ccc(N(CCO)CCO)cc1C=Cc1ccccc1. The quantitative estimate of drug-likeness (QED) is 0.541. The van der Waals surface area contributed by atoms with E-state index in [4.69, 9.17) is 15.9 Å². The van der Waals surface area contributed by atoms with E-state index in [1.54, 1.807) is 0 Å². The molecule has 0 spiro atoms. The molecule has 0 heterocycles. The second kappa shape index (κ2) is 8.22. The Balaban J connectivity index is 2.24. The van der Waals surface area contributed by atoms with E-state index in [0.29, 0.717) is 18.8 Å². The predicted octanol–water partition coefficient (Wildman–Crippen LogP) is 2.23. The molecule has 2 rings (SSSR count). The fourth-order valence-corrected chi connectivity index (χ4v) is 2.26. The van der Waals surface area contributed by atoms with Crippen molar-refractivity contribution in [3.8, 4) is 0 Å². The van der Waals surface area contributed by atoms with Crippen LogP contribution in [0.1, 0.15) is 11.1 Å². The number of hydrogen-bond donors (Lipinski definition) is 3. The molecule has 0 aliphatic rings. The van der Waals surface area contributed by atoms with Crippen LogP contribution in [0.5, 0.6) is 0 Å². The Kier molecular flexibility index (Phi) is 6.01. The van der Waals surface area contributed by atoms with Crippen LogP contribution in [0.15, 0.2) is 48.5 Å². The van der Waals surface area contributed by atoms with E-state index < -0.39 is 0 Å². The number of anilines is 2. The van der Waals surface area contributed by atoms with E-state index >= 15 is 0 Å². The summed E-state index contributed by atoms with van der Waals surface area (Å²) in [6.45, 7) is 1.04. The molecule has 0 aliphatic carbocycles. The highest BCUT2D eigenvalue weighted by Crippen LogP contribution is 2.23. The molecular weight excluding hydrogens is 276 g/mol. The molecule has 4 nitrogen and oxygen atoms in total. The normalized spacial score (nSPS) is 11.0. The number of aliphatic hydroxyl groups is 2. The first-order valence-electron chi connectivity index (χ1n) is 7.34. The zero-order chi connectivity index (χ0) is 15.8. The average molecular weight is 298 g/mol. The Bertz CT molecular complexity index is 606. The van der Waals surface area contributed by atoms with Crippen LogP contribution in [-0.4, -0.2) is 36.5 Å². The zero-order valence-corrected chi connectivity index (χ0v) is 12.5. The third-order valence-corrected chi connectivity index (χ3v) is 3.43. The lowest BCUT2D eigenvalue weighted by Gasteiger charge is -2.23. The van der Waals surface area contributed by atoms with Crippen molar-refractivity contribution in [3.05, 3.63) is 59.7 Å². The molecule has 0 saturated heterocycles. The zero-order valence-electron chi connectivity index (χ0n) is 12.5. The van der Waals surface area contributed by atoms with Crippen molar-refractivity contribution in [1.82, 2.24) is 0 Å². The van der Waals surface area contributed by atoms with E-state index in [1.165, 1.54) is 0 Å². The van der Waals surface area contributed by atoms with Crippen molar-refractivity contribution in [3.63, 3.8) is 0 Å². The molecule has 4 N–H and O–H groups in total. The third kappa shape index (κ3) is 4.35. The molecule has 0 bridgehead atoms. The summed E-state index contributed by atoms with van der Waals surface area (Å²) in [7, 11) is 0. The molecule has 0 amide bonds. The molecule has 2 aromatic rings. The largest absolute Gasteiger partial charge is 0.398 e. The standard InChI is InChI=1S/C18H22N2O2/c19-18-9-8-17(20(10-12-21)11-13-22)14-16(18)7-6-15-4-2-1-3-5-15/h1-9,14,21-22H,10-13,19H2. The highest BCUT2D eigenvalue weighted by Gasteiger charge is 2.07. The first kappa shape index (κ1) is 16.1. The smallest absolute Gasteiger partial charge is 0.0606 e. The van der Waals surface area contributed by atoms with Crippen LogP contribution in [0.3, 0.4) is 0 Å². The molecule has 22 heavy (non-hydrogen) atoms. The fourth-order valence-electron chi connectivity index (χ4n) is 2.26. The lowest BCUT2D eigenvalue weighted by molar-refractivity contribution is 0.281. The van der Waals surface area contributed by atoms with Gasteiger partial charge in [-0.25, -0.2) is 0 Å². The summed E-state index contributed by atoms with van der Waals surface area (Å²) in [5.74, 6) is 0. The maximum absolute atomic E-state index is 9.14. The van der Waals surface area contributed by atoms with Crippen LogP contribution in [0, 0.1) is 0 Å². The number of aliphatic hydroxyl groups excluding tert-OH is 2. The number of hydrogen-bond acceptors (Lipinski definition) is 4. The Morgan fingerprint density at radius 2 is 1.59 bits per heavy atom. The number of nitrogen functional groups attached to an aromatic ring is 1. The van der Waals surface area contributed by atoms with E-state index in [9.17, 15) is 0 Å². The van der Waals surface area contributed by atoms with Crippen molar-refractivity contribution in [1.29, 1.82) is 0 Å². The van der Waals surface area contributed by atoms with Gasteiger partial charge in [-0.1, -0.05) is 42.5 Å². The average Bonchev–Trinajstić information content (AvgIpc) is 2.55. The van der Waals surface area contributed by atoms with Gasteiger partial charge in [-0.3, -0.25) is 0 Å². The van der Waals surface area contributed by atoms with Gasteiger partial charge in [-0.15, -0.1) is 0 Å². The molecule has 0 radical (unpaired) electrons. The molecule has 0 aromatic heterocycles. The molecule has 0 fully saturated rings. The van der Waals surface area contributed by atoms with Crippen LogP contribution in [0.2, 0.25) is 0 Å². The maximum atomic E-state index is 9.14. The number of benzene rings is 2. The van der Waals surface area contributed by atoms with Gasteiger partial charge in [0.1, 0.15) is 0 Å². The minimum absolute atomic E-state index is 0.0412. The van der Waals surface area contributed by atoms with Crippen LogP contribution in [0.25, 0.3) is 12.2 Å². The fraction of sp³-hybridized carbons (Fsp3) is 0.222. The van der Waals surface area contributed by atoms with E-state index in [-0.39, 0.29) is 13.2 Å².